The van der Waals surface area contributed by atoms with Gasteiger partial charge >= 0.3 is 0 Å². The Hall–Kier alpha value is -4.98. The van der Waals surface area contributed by atoms with Gasteiger partial charge in [-0.15, -0.1) is 0 Å². The molecule has 0 bridgehead atoms. The first-order valence-electron chi connectivity index (χ1n) is 37.0. The molecular formula is C71H124N6O29. The third-order valence-electron chi connectivity index (χ3n) is 13.9. The number of aromatic amines is 1. The molecular weight excluding hydrogens is 1400 g/mol. The van der Waals surface area contributed by atoms with Crippen LogP contribution in [0, 0.1) is 6.92 Å². The molecule has 0 saturated heterocycles. The molecule has 0 saturated carbocycles. The number of hydrogen-bond acceptors (Lipinski definition) is 31. The molecule has 1 aliphatic rings. The number of rotatable bonds is 85. The third kappa shape index (κ3) is 62.9. The maximum absolute atomic E-state index is 12.1. The summed E-state index contributed by atoms with van der Waals surface area (Å²) in [6.45, 7) is 25.2. The van der Waals surface area contributed by atoms with Gasteiger partial charge < -0.3 is 129 Å². The molecule has 0 fully saturated rings. The fraction of sp³-hybridized carbons (Fsp3) is 0.803. The summed E-state index contributed by atoms with van der Waals surface area (Å²) < 4.78 is 138. The Balaban J connectivity index is 0.838. The fourth-order valence-electron chi connectivity index (χ4n) is 8.44. The van der Waals surface area contributed by atoms with E-state index in [1.165, 1.54) is 12.2 Å². The SMILES string of the molecule is Cc1cc(-c2ccc(OCCCCNC(=O)CCOCCOCCOCCOCCOCCOCCOCCOCCOCCOCCOCCOCCOCCOCCOCCOCCOCCOCCOCCOCCOCCOCCOCCOCCNC(=O)CCN3C(=O)C=CC3=O)cn2)n[nH]1. The summed E-state index contributed by atoms with van der Waals surface area (Å²) >= 11 is 0. The largest absolute Gasteiger partial charge is 0.492 e. The van der Waals surface area contributed by atoms with Gasteiger partial charge in [0.2, 0.25) is 11.8 Å². The minimum absolute atomic E-state index is 0.0429. The summed E-state index contributed by atoms with van der Waals surface area (Å²) in [5, 5.41) is 12.7. The van der Waals surface area contributed by atoms with E-state index in [9.17, 15) is 19.2 Å². The Kier molecular flexibility index (Phi) is 67.8. The zero-order valence-electron chi connectivity index (χ0n) is 62.7. The molecule has 0 radical (unpaired) electrons. The van der Waals surface area contributed by atoms with Gasteiger partial charge in [0.25, 0.3) is 11.8 Å². The second kappa shape index (κ2) is 75.4. The normalized spacial score (nSPS) is 12.3. The maximum atomic E-state index is 12.1. The molecule has 0 unspecified atom stereocenters. The van der Waals surface area contributed by atoms with E-state index in [1.807, 2.05) is 25.1 Å². The van der Waals surface area contributed by atoms with Crippen LogP contribution in [0.25, 0.3) is 11.4 Å². The van der Waals surface area contributed by atoms with E-state index in [2.05, 4.69) is 25.8 Å². The zero-order valence-corrected chi connectivity index (χ0v) is 62.7. The number of H-pyrrole nitrogens is 1. The van der Waals surface area contributed by atoms with Gasteiger partial charge in [-0.3, -0.25) is 34.2 Å². The molecule has 2 aromatic rings. The maximum Gasteiger partial charge on any atom is 0.253 e. The lowest BCUT2D eigenvalue weighted by Gasteiger charge is -2.13. The average Bonchev–Trinajstić information content (AvgIpc) is 1.70. The Morgan fingerprint density at radius 1 is 0.330 bits per heavy atom. The molecule has 106 heavy (non-hydrogen) atoms. The number of aromatic nitrogens is 3. The molecule has 35 heteroatoms. The van der Waals surface area contributed by atoms with Crippen molar-refractivity contribution < 1.29 is 138 Å². The molecule has 3 heterocycles. The highest BCUT2D eigenvalue weighted by atomic mass is 16.6. The standard InChI is InChI=1S/C71H124N6O29/c1-64-62-67(76-75-64)66-5-4-65(63-74-66)106-13-3-2-10-72-69(79)9-14-82-16-18-84-20-22-86-24-26-88-28-30-90-32-34-92-36-38-94-40-42-96-44-46-98-48-50-100-52-54-102-56-58-104-60-61-105-59-57-103-55-53-101-51-49-99-47-45-97-43-41-95-39-37-93-35-33-91-31-29-89-27-25-87-23-21-85-19-17-83-15-11-73-68(78)8-12-77-70(80)6-7-71(77)81/h4-7,62-63H,2-3,8-61H2,1H3,(H,72,79)(H,73,78)(H,75,76). The molecule has 0 aromatic carbocycles. The van der Waals surface area contributed by atoms with Gasteiger partial charge in [0.05, 0.1) is 336 Å². The first-order chi connectivity index (χ1) is 52.4. The molecule has 0 atom stereocenters. The number of imide groups is 1. The van der Waals surface area contributed by atoms with Crippen molar-refractivity contribution in [2.24, 2.45) is 0 Å². The lowest BCUT2D eigenvalue weighted by atomic mass is 10.2. The summed E-state index contributed by atoms with van der Waals surface area (Å²) in [6.07, 6.45) is 6.03. The van der Waals surface area contributed by atoms with E-state index in [0.29, 0.717) is 349 Å². The number of carbonyl (C=O) groups is 4. The Morgan fingerprint density at radius 3 is 0.877 bits per heavy atom. The third-order valence-corrected chi connectivity index (χ3v) is 13.9. The number of nitrogens with zero attached hydrogens (tertiary/aromatic N) is 3. The van der Waals surface area contributed by atoms with E-state index in [4.69, 9.17) is 118 Å². The van der Waals surface area contributed by atoms with E-state index in [0.717, 1.165) is 34.8 Å². The van der Waals surface area contributed by atoms with Crippen LogP contribution in [0.1, 0.15) is 31.4 Å². The van der Waals surface area contributed by atoms with Crippen molar-refractivity contribution in [3.05, 3.63) is 42.2 Å². The van der Waals surface area contributed by atoms with E-state index < -0.39 is 11.8 Å². The molecule has 3 rings (SSSR count). The van der Waals surface area contributed by atoms with Gasteiger partial charge in [-0.1, -0.05) is 0 Å². The molecule has 35 nitrogen and oxygen atoms in total. The molecule has 3 N–H and O–H groups in total. The van der Waals surface area contributed by atoms with E-state index >= 15 is 0 Å². The lowest BCUT2D eigenvalue weighted by Crippen LogP contribution is -2.35. The van der Waals surface area contributed by atoms with E-state index in [-0.39, 0.29) is 24.8 Å². The van der Waals surface area contributed by atoms with Crippen LogP contribution >= 0.6 is 0 Å². The smallest absolute Gasteiger partial charge is 0.253 e. The number of ether oxygens (including phenoxy) is 25. The Bertz CT molecular complexity index is 2310. The number of nitrogens with one attached hydrogen (secondary N) is 3. The van der Waals surface area contributed by atoms with Gasteiger partial charge in [0.1, 0.15) is 11.4 Å². The predicted molar refractivity (Wildman–Crippen MR) is 382 cm³/mol. The van der Waals surface area contributed by atoms with Crippen molar-refractivity contribution in [2.75, 3.05) is 343 Å². The first-order valence-corrected chi connectivity index (χ1v) is 37.0. The van der Waals surface area contributed by atoms with Crippen molar-refractivity contribution in [2.45, 2.75) is 32.6 Å². The molecule has 1 aliphatic heterocycles. The summed E-state index contributed by atoms with van der Waals surface area (Å²) in [7, 11) is 0. The van der Waals surface area contributed by atoms with Gasteiger partial charge in [0, 0.05) is 50.3 Å². The van der Waals surface area contributed by atoms with Crippen molar-refractivity contribution >= 4 is 23.6 Å². The number of hydrogen-bond donors (Lipinski definition) is 3. The predicted octanol–water partition coefficient (Wildman–Crippen LogP) is 1.28. The van der Waals surface area contributed by atoms with Crippen molar-refractivity contribution in [3.63, 3.8) is 0 Å². The molecule has 0 aliphatic carbocycles. The molecule has 4 amide bonds. The highest BCUT2D eigenvalue weighted by Gasteiger charge is 2.23. The Morgan fingerprint density at radius 2 is 0.604 bits per heavy atom. The van der Waals surface area contributed by atoms with Crippen LogP contribution in [0.2, 0.25) is 0 Å². The van der Waals surface area contributed by atoms with Crippen LogP contribution < -0.4 is 15.4 Å². The molecule has 2 aromatic heterocycles. The second-order valence-electron chi connectivity index (χ2n) is 22.4. The van der Waals surface area contributed by atoms with Crippen LogP contribution in [0.15, 0.2) is 36.5 Å². The lowest BCUT2D eigenvalue weighted by molar-refractivity contribution is -0.137. The Labute approximate surface area is 625 Å². The molecule has 612 valence electrons. The number of amides is 4. The van der Waals surface area contributed by atoms with Crippen molar-refractivity contribution in [1.29, 1.82) is 0 Å². The summed E-state index contributed by atoms with van der Waals surface area (Å²) in [5.74, 6) is -0.413. The summed E-state index contributed by atoms with van der Waals surface area (Å²) in [5.41, 5.74) is 2.56. The van der Waals surface area contributed by atoms with Crippen LogP contribution in [0.4, 0.5) is 0 Å². The number of aryl methyl sites for hydroxylation is 1. The quantitative estimate of drug-likeness (QED) is 0.0620. The average molecular weight is 1530 g/mol. The van der Waals surface area contributed by atoms with Crippen LogP contribution in [-0.4, -0.2) is 387 Å². The van der Waals surface area contributed by atoms with Gasteiger partial charge in [-0.2, -0.15) is 5.10 Å². The topological polar surface area (TPSA) is 368 Å². The van der Waals surface area contributed by atoms with Crippen molar-refractivity contribution in [3.8, 4) is 17.1 Å². The van der Waals surface area contributed by atoms with E-state index in [1.54, 1.807) is 6.20 Å². The molecule has 0 spiro atoms. The monoisotopic (exact) mass is 1520 g/mol. The summed E-state index contributed by atoms with van der Waals surface area (Å²) in [6, 6.07) is 5.70. The number of pyridine rings is 1. The summed E-state index contributed by atoms with van der Waals surface area (Å²) in [4.78, 5) is 52.4. The highest BCUT2D eigenvalue weighted by Crippen LogP contribution is 2.18. The fourth-order valence-corrected chi connectivity index (χ4v) is 8.44. The highest BCUT2D eigenvalue weighted by molar-refractivity contribution is 6.13. The van der Waals surface area contributed by atoms with Crippen LogP contribution in [-0.2, 0) is 133 Å². The van der Waals surface area contributed by atoms with Crippen LogP contribution in [0.3, 0.4) is 0 Å². The van der Waals surface area contributed by atoms with Gasteiger partial charge in [0.15, 0.2) is 0 Å². The minimum atomic E-state index is -0.404. The van der Waals surface area contributed by atoms with Crippen LogP contribution in [0.5, 0.6) is 5.75 Å². The zero-order chi connectivity index (χ0) is 75.2. The van der Waals surface area contributed by atoms with Crippen molar-refractivity contribution in [1.82, 2.24) is 30.7 Å². The van der Waals surface area contributed by atoms with Gasteiger partial charge in [-0.25, -0.2) is 0 Å². The second-order valence-corrected chi connectivity index (χ2v) is 22.4. The minimum Gasteiger partial charge on any atom is -0.492 e. The van der Waals surface area contributed by atoms with Gasteiger partial charge in [-0.05, 0) is 38.0 Å². The number of carbonyl (C=O) groups excluding carboxylic acids is 4. The first kappa shape index (κ1) is 95.2. The number of unbranched alkanes of at least 4 members (excludes halogenated alkanes) is 1.